The molecule has 0 fully saturated rings. The highest BCUT2D eigenvalue weighted by Crippen LogP contribution is 2.40. The number of benzene rings is 11. The molecule has 0 bridgehead atoms. The van der Waals surface area contributed by atoms with E-state index in [-0.39, 0.29) is 0 Å². The van der Waals surface area contributed by atoms with E-state index in [1.807, 2.05) is 12.1 Å². The minimum atomic E-state index is 0.900. The van der Waals surface area contributed by atoms with Gasteiger partial charge >= 0.3 is 0 Å². The number of hydrogen-bond acceptors (Lipinski definition) is 2. The number of nitrogens with zero attached hydrogens (tertiary/aromatic N) is 1. The molecule has 0 amide bonds. The molecule has 1 heterocycles. The zero-order valence-electron chi connectivity index (χ0n) is 33.9. The first-order valence-electron chi connectivity index (χ1n) is 21.2. The van der Waals surface area contributed by atoms with Gasteiger partial charge in [0.15, 0.2) is 0 Å². The average molecular weight is 790 g/mol. The Morgan fingerprint density at radius 3 is 1.47 bits per heavy atom. The lowest BCUT2D eigenvalue weighted by Crippen LogP contribution is -2.09. The fourth-order valence-electron chi connectivity index (χ4n) is 9.29. The molecule has 0 spiro atoms. The molecule has 0 unspecified atom stereocenters. The Balaban J connectivity index is 0.911. The predicted molar refractivity (Wildman–Crippen MR) is 263 cm³/mol. The molecule has 11 aromatic carbocycles. The van der Waals surface area contributed by atoms with E-state index in [0.29, 0.717) is 0 Å². The highest BCUT2D eigenvalue weighted by Gasteiger charge is 2.16. The van der Waals surface area contributed by atoms with Crippen LogP contribution in [0.5, 0.6) is 0 Å². The van der Waals surface area contributed by atoms with Crippen molar-refractivity contribution < 1.29 is 4.42 Å². The smallest absolute Gasteiger partial charge is 0.136 e. The van der Waals surface area contributed by atoms with E-state index in [0.717, 1.165) is 50.1 Å². The first-order valence-corrected chi connectivity index (χ1v) is 21.2. The SMILES string of the molecule is c1cc(-c2ccc(N(c3ccc(-c4ccc5c(c4)oc4ccccc45)cc3)c3ccc(-c4cccc5c4ccc4ccccc45)cc3)cc2)cc(-c2ccc3ccccc3c2)c1. The lowest BCUT2D eigenvalue weighted by atomic mass is 9.94. The van der Waals surface area contributed by atoms with Gasteiger partial charge in [-0.2, -0.15) is 0 Å². The lowest BCUT2D eigenvalue weighted by Gasteiger charge is -2.26. The molecule has 0 N–H and O–H groups in total. The van der Waals surface area contributed by atoms with Crippen molar-refractivity contribution in [3.05, 3.63) is 237 Å². The van der Waals surface area contributed by atoms with Crippen LogP contribution in [0.15, 0.2) is 241 Å². The number of hydrogen-bond donors (Lipinski definition) is 0. The zero-order valence-corrected chi connectivity index (χ0v) is 33.9. The maximum absolute atomic E-state index is 6.25. The van der Waals surface area contributed by atoms with E-state index in [2.05, 4.69) is 229 Å². The molecule has 290 valence electrons. The molecule has 0 aliphatic rings. The molecule has 12 aromatic rings. The molecule has 62 heavy (non-hydrogen) atoms. The third kappa shape index (κ3) is 6.29. The van der Waals surface area contributed by atoms with Gasteiger partial charge in [0, 0.05) is 27.8 Å². The summed E-state index contributed by atoms with van der Waals surface area (Å²) < 4.78 is 6.25. The Morgan fingerprint density at radius 2 is 0.726 bits per heavy atom. The zero-order chi connectivity index (χ0) is 41.0. The van der Waals surface area contributed by atoms with Gasteiger partial charge in [-0.05, 0) is 144 Å². The summed E-state index contributed by atoms with van der Waals surface area (Å²) >= 11 is 0. The van der Waals surface area contributed by atoms with E-state index < -0.39 is 0 Å². The third-order valence-corrected chi connectivity index (χ3v) is 12.5. The van der Waals surface area contributed by atoms with Crippen LogP contribution in [0.25, 0.3) is 98.8 Å². The van der Waals surface area contributed by atoms with Gasteiger partial charge in [0.05, 0.1) is 0 Å². The van der Waals surface area contributed by atoms with Crippen molar-refractivity contribution in [1.29, 1.82) is 0 Å². The minimum absolute atomic E-state index is 0.900. The fourth-order valence-corrected chi connectivity index (χ4v) is 9.29. The second-order valence-electron chi connectivity index (χ2n) is 16.1. The summed E-state index contributed by atoms with van der Waals surface area (Å²) in [5, 5.41) is 9.84. The Hall–Kier alpha value is -8.20. The molecule has 0 saturated heterocycles. The summed E-state index contributed by atoms with van der Waals surface area (Å²) in [7, 11) is 0. The van der Waals surface area contributed by atoms with Crippen LogP contribution in [0, 0.1) is 0 Å². The quantitative estimate of drug-likeness (QED) is 0.150. The lowest BCUT2D eigenvalue weighted by molar-refractivity contribution is 0.669. The van der Waals surface area contributed by atoms with Crippen molar-refractivity contribution in [3.8, 4) is 44.5 Å². The van der Waals surface area contributed by atoms with E-state index >= 15 is 0 Å². The molecular formula is C60H39NO. The van der Waals surface area contributed by atoms with Crippen molar-refractivity contribution in [2.45, 2.75) is 0 Å². The number of furan rings is 1. The molecule has 0 aliphatic heterocycles. The Morgan fingerprint density at radius 1 is 0.242 bits per heavy atom. The maximum atomic E-state index is 6.25. The molecule has 2 heteroatoms. The number of para-hydroxylation sites is 1. The molecule has 1 aromatic heterocycles. The van der Waals surface area contributed by atoms with Crippen LogP contribution in [-0.4, -0.2) is 0 Å². The third-order valence-electron chi connectivity index (χ3n) is 12.5. The van der Waals surface area contributed by atoms with Crippen LogP contribution in [0.1, 0.15) is 0 Å². The Kier molecular flexibility index (Phi) is 8.53. The van der Waals surface area contributed by atoms with Gasteiger partial charge in [0.25, 0.3) is 0 Å². The molecular weight excluding hydrogens is 751 g/mol. The van der Waals surface area contributed by atoms with Gasteiger partial charge in [0.1, 0.15) is 11.2 Å². The van der Waals surface area contributed by atoms with Crippen molar-refractivity contribution >= 4 is 71.3 Å². The monoisotopic (exact) mass is 789 g/mol. The van der Waals surface area contributed by atoms with Crippen LogP contribution in [0.4, 0.5) is 17.1 Å². The highest BCUT2D eigenvalue weighted by molar-refractivity contribution is 6.12. The fraction of sp³-hybridized carbons (Fsp3) is 0. The van der Waals surface area contributed by atoms with Crippen LogP contribution in [0.3, 0.4) is 0 Å². The van der Waals surface area contributed by atoms with E-state index in [9.17, 15) is 0 Å². The van der Waals surface area contributed by atoms with Crippen molar-refractivity contribution in [3.63, 3.8) is 0 Å². The van der Waals surface area contributed by atoms with E-state index in [4.69, 9.17) is 4.42 Å². The summed E-state index contributed by atoms with van der Waals surface area (Å²) in [6.45, 7) is 0. The average Bonchev–Trinajstić information content (AvgIpc) is 3.72. The molecule has 0 aliphatic carbocycles. The largest absolute Gasteiger partial charge is 0.456 e. The summed E-state index contributed by atoms with van der Waals surface area (Å²) in [6.07, 6.45) is 0. The summed E-state index contributed by atoms with van der Waals surface area (Å²) in [6, 6.07) is 85.5. The van der Waals surface area contributed by atoms with Gasteiger partial charge in [-0.25, -0.2) is 0 Å². The second-order valence-corrected chi connectivity index (χ2v) is 16.1. The molecule has 12 rings (SSSR count). The summed E-state index contributed by atoms with van der Waals surface area (Å²) in [5.74, 6) is 0. The van der Waals surface area contributed by atoms with Gasteiger partial charge in [-0.1, -0.05) is 170 Å². The van der Waals surface area contributed by atoms with E-state index in [1.165, 1.54) is 65.7 Å². The predicted octanol–water partition coefficient (Wildman–Crippen LogP) is 17.2. The molecule has 0 saturated carbocycles. The molecule has 0 radical (unpaired) electrons. The number of rotatable bonds is 7. The van der Waals surface area contributed by atoms with Crippen molar-refractivity contribution in [2.24, 2.45) is 0 Å². The van der Waals surface area contributed by atoms with Crippen molar-refractivity contribution in [1.82, 2.24) is 0 Å². The first-order chi connectivity index (χ1) is 30.7. The van der Waals surface area contributed by atoms with Gasteiger partial charge < -0.3 is 9.32 Å². The van der Waals surface area contributed by atoms with E-state index in [1.54, 1.807) is 0 Å². The normalized spacial score (nSPS) is 11.5. The summed E-state index contributed by atoms with van der Waals surface area (Å²) in [4.78, 5) is 2.35. The number of anilines is 3. The van der Waals surface area contributed by atoms with Crippen molar-refractivity contribution in [2.75, 3.05) is 4.90 Å². The summed E-state index contributed by atoms with van der Waals surface area (Å²) in [5.41, 5.74) is 14.5. The molecule has 0 atom stereocenters. The van der Waals surface area contributed by atoms with Crippen LogP contribution < -0.4 is 4.90 Å². The first kappa shape index (κ1) is 35.7. The Labute approximate surface area is 360 Å². The second kappa shape index (κ2) is 14.8. The Bertz CT molecular complexity index is 3620. The molecule has 2 nitrogen and oxygen atoms in total. The maximum Gasteiger partial charge on any atom is 0.136 e. The van der Waals surface area contributed by atoms with Gasteiger partial charge in [-0.15, -0.1) is 0 Å². The standard InChI is InChI=1S/C60H39NO/c1-2-11-45-38-48(20-19-40(45)9-1)47-13-7-12-46(37-47)41-21-29-50(30-22-41)61(51-31-23-42(24-32-51)49-28-36-58-57-15-5-6-18-59(57)62-60(58)39-49)52-33-25-44(26-34-52)54-16-8-17-55-53-14-4-3-10-43(53)27-35-56(54)55/h1-39H. The minimum Gasteiger partial charge on any atom is -0.456 e. The van der Waals surface area contributed by atoms with Crippen LogP contribution in [-0.2, 0) is 0 Å². The van der Waals surface area contributed by atoms with Crippen LogP contribution in [0.2, 0.25) is 0 Å². The van der Waals surface area contributed by atoms with Gasteiger partial charge in [-0.3, -0.25) is 0 Å². The van der Waals surface area contributed by atoms with Gasteiger partial charge in [0.2, 0.25) is 0 Å². The topological polar surface area (TPSA) is 16.4 Å². The number of fused-ring (bicyclic) bond motifs is 7. The van der Waals surface area contributed by atoms with Crippen LogP contribution >= 0.6 is 0 Å². The highest BCUT2D eigenvalue weighted by atomic mass is 16.3.